The van der Waals surface area contributed by atoms with Crippen LogP contribution in [0.3, 0.4) is 0 Å². The van der Waals surface area contributed by atoms with E-state index >= 15 is 0 Å². The number of carbonyl (C=O) groups is 1. The summed E-state index contributed by atoms with van der Waals surface area (Å²) in [6, 6.07) is 14.9. The molecule has 3 nitrogen and oxygen atoms in total. The Hall–Kier alpha value is -2.81. The summed E-state index contributed by atoms with van der Waals surface area (Å²) in [6.45, 7) is 3.49. The minimum atomic E-state index is 0.180. The van der Waals surface area contributed by atoms with Crippen LogP contribution in [0, 0.1) is 6.92 Å². The van der Waals surface area contributed by atoms with Crippen molar-refractivity contribution >= 4 is 28.0 Å². The second-order valence-electron chi connectivity index (χ2n) is 7.05. The first-order valence-electron chi connectivity index (χ1n) is 8.92. The molecule has 5 rings (SSSR count). The standard InChI is InChI=1S/C22H20N2O/c1-14-7-9-15(10-8-14)21-20(19(25)12-23-21)18-13-24-11-3-5-16-4-2-6-17(18)22(16)24/h2,4,6-10,13,23H,3,5,11-12H2,1H3. The van der Waals surface area contributed by atoms with Gasteiger partial charge in [0, 0.05) is 23.7 Å². The molecule has 2 aromatic carbocycles. The number of para-hydroxylation sites is 1. The highest BCUT2D eigenvalue weighted by Gasteiger charge is 2.28. The average Bonchev–Trinajstić information content (AvgIpc) is 3.18. The van der Waals surface area contributed by atoms with Gasteiger partial charge >= 0.3 is 0 Å². The van der Waals surface area contributed by atoms with Crippen molar-refractivity contribution < 1.29 is 4.79 Å². The number of benzene rings is 2. The minimum absolute atomic E-state index is 0.180. The molecule has 0 saturated heterocycles. The number of ketones is 1. The highest BCUT2D eigenvalue weighted by atomic mass is 16.1. The van der Waals surface area contributed by atoms with Crippen LogP contribution >= 0.6 is 0 Å². The molecule has 1 aromatic heterocycles. The van der Waals surface area contributed by atoms with Crippen molar-refractivity contribution in [3.05, 3.63) is 70.9 Å². The van der Waals surface area contributed by atoms with E-state index in [2.05, 4.69) is 65.5 Å². The number of carbonyl (C=O) groups excluding carboxylic acids is 1. The van der Waals surface area contributed by atoms with Crippen molar-refractivity contribution in [1.82, 2.24) is 9.88 Å². The molecule has 0 unspecified atom stereocenters. The summed E-state index contributed by atoms with van der Waals surface area (Å²) >= 11 is 0. The van der Waals surface area contributed by atoms with Crippen LogP contribution in [0.2, 0.25) is 0 Å². The summed E-state index contributed by atoms with van der Waals surface area (Å²) in [6.07, 6.45) is 4.47. The molecular weight excluding hydrogens is 308 g/mol. The average molecular weight is 328 g/mol. The van der Waals surface area contributed by atoms with E-state index in [0.29, 0.717) is 6.54 Å². The molecule has 1 N–H and O–H groups in total. The first-order valence-corrected chi connectivity index (χ1v) is 8.92. The molecule has 0 spiro atoms. The van der Waals surface area contributed by atoms with Crippen molar-refractivity contribution in [2.24, 2.45) is 0 Å². The summed E-state index contributed by atoms with van der Waals surface area (Å²) < 4.78 is 2.33. The van der Waals surface area contributed by atoms with Gasteiger partial charge in [0.25, 0.3) is 0 Å². The Bertz CT molecular complexity index is 1040. The third-order valence-corrected chi connectivity index (χ3v) is 5.39. The largest absolute Gasteiger partial charge is 0.376 e. The minimum Gasteiger partial charge on any atom is -0.376 e. The summed E-state index contributed by atoms with van der Waals surface area (Å²) in [5, 5.41) is 4.54. The number of nitrogens with one attached hydrogen (secondary N) is 1. The number of Topliss-reactive ketones (excluding diaryl/α,β-unsaturated/α-hetero) is 1. The van der Waals surface area contributed by atoms with E-state index in [9.17, 15) is 4.79 Å². The first-order chi connectivity index (χ1) is 12.2. The topological polar surface area (TPSA) is 34.0 Å². The fraction of sp³-hybridized carbons (Fsp3) is 0.227. The van der Waals surface area contributed by atoms with Crippen LogP contribution < -0.4 is 5.32 Å². The van der Waals surface area contributed by atoms with Crippen LogP contribution in [0.25, 0.3) is 22.2 Å². The maximum absolute atomic E-state index is 12.7. The van der Waals surface area contributed by atoms with Gasteiger partial charge in [0.1, 0.15) is 0 Å². The molecule has 0 bridgehead atoms. The Morgan fingerprint density at radius 2 is 1.92 bits per heavy atom. The predicted molar refractivity (Wildman–Crippen MR) is 101 cm³/mol. The van der Waals surface area contributed by atoms with E-state index in [1.165, 1.54) is 22.0 Å². The van der Waals surface area contributed by atoms with Gasteiger partial charge in [-0.15, -0.1) is 0 Å². The Labute approximate surface area is 147 Å². The van der Waals surface area contributed by atoms with E-state index in [-0.39, 0.29) is 5.78 Å². The van der Waals surface area contributed by atoms with Gasteiger partial charge in [-0.05, 0) is 30.9 Å². The van der Waals surface area contributed by atoms with Crippen molar-refractivity contribution in [2.45, 2.75) is 26.3 Å². The lowest BCUT2D eigenvalue weighted by atomic mass is 9.96. The normalized spacial score (nSPS) is 16.6. The molecule has 2 aliphatic rings. The van der Waals surface area contributed by atoms with E-state index < -0.39 is 0 Å². The van der Waals surface area contributed by atoms with Gasteiger partial charge in [0.05, 0.1) is 23.3 Å². The highest BCUT2D eigenvalue weighted by molar-refractivity contribution is 6.33. The van der Waals surface area contributed by atoms with E-state index in [1.54, 1.807) is 0 Å². The van der Waals surface area contributed by atoms with Gasteiger partial charge in [0.15, 0.2) is 5.78 Å². The molecule has 3 heterocycles. The Balaban J connectivity index is 1.77. The van der Waals surface area contributed by atoms with Crippen molar-refractivity contribution in [3.8, 4) is 0 Å². The lowest BCUT2D eigenvalue weighted by Gasteiger charge is -2.14. The maximum atomic E-state index is 12.7. The molecule has 3 heteroatoms. The van der Waals surface area contributed by atoms with E-state index in [0.717, 1.165) is 41.8 Å². The maximum Gasteiger partial charge on any atom is 0.184 e. The number of aryl methyl sites for hydroxylation is 3. The Kier molecular flexibility index (Phi) is 3.11. The van der Waals surface area contributed by atoms with Crippen LogP contribution in [0.5, 0.6) is 0 Å². The number of hydrogen-bond acceptors (Lipinski definition) is 2. The monoisotopic (exact) mass is 328 g/mol. The first kappa shape index (κ1) is 14.5. The third kappa shape index (κ3) is 2.15. The van der Waals surface area contributed by atoms with E-state index in [4.69, 9.17) is 0 Å². The van der Waals surface area contributed by atoms with Crippen molar-refractivity contribution in [2.75, 3.05) is 6.54 Å². The molecule has 3 aromatic rings. The van der Waals surface area contributed by atoms with Gasteiger partial charge in [0.2, 0.25) is 0 Å². The van der Waals surface area contributed by atoms with Crippen LogP contribution in [-0.4, -0.2) is 16.9 Å². The molecule has 124 valence electrons. The second kappa shape index (κ2) is 5.35. The van der Waals surface area contributed by atoms with Crippen LogP contribution in [0.4, 0.5) is 0 Å². The predicted octanol–water partition coefficient (Wildman–Crippen LogP) is 3.94. The number of nitrogens with zero attached hydrogens (tertiary/aromatic N) is 1. The number of rotatable bonds is 2. The molecule has 0 fully saturated rings. The Morgan fingerprint density at radius 3 is 2.76 bits per heavy atom. The van der Waals surface area contributed by atoms with Crippen LogP contribution in [0.1, 0.15) is 28.7 Å². The van der Waals surface area contributed by atoms with Crippen LogP contribution in [-0.2, 0) is 17.8 Å². The van der Waals surface area contributed by atoms with Gasteiger partial charge in [-0.3, -0.25) is 4.79 Å². The second-order valence-corrected chi connectivity index (χ2v) is 7.05. The molecule has 0 radical (unpaired) electrons. The van der Waals surface area contributed by atoms with Gasteiger partial charge in [-0.1, -0.05) is 48.0 Å². The zero-order valence-corrected chi connectivity index (χ0v) is 14.3. The molecule has 0 amide bonds. The number of aromatic nitrogens is 1. The summed E-state index contributed by atoms with van der Waals surface area (Å²) in [5.41, 5.74) is 7.88. The zero-order valence-electron chi connectivity index (χ0n) is 14.3. The summed E-state index contributed by atoms with van der Waals surface area (Å²) in [7, 11) is 0. The SMILES string of the molecule is Cc1ccc(C2=C(c3cn4c5c(cccc35)CCC4)C(=O)CN2)cc1. The van der Waals surface area contributed by atoms with Crippen molar-refractivity contribution in [3.63, 3.8) is 0 Å². The van der Waals surface area contributed by atoms with Gasteiger partial charge < -0.3 is 9.88 Å². The molecule has 0 aliphatic carbocycles. The fourth-order valence-corrected chi connectivity index (χ4v) is 4.19. The van der Waals surface area contributed by atoms with E-state index in [1.807, 2.05) is 0 Å². The zero-order chi connectivity index (χ0) is 17.0. The lowest BCUT2D eigenvalue weighted by Crippen LogP contribution is -2.10. The molecule has 0 atom stereocenters. The summed E-state index contributed by atoms with van der Waals surface area (Å²) in [5.74, 6) is 0.180. The summed E-state index contributed by atoms with van der Waals surface area (Å²) in [4.78, 5) is 12.7. The van der Waals surface area contributed by atoms with Crippen LogP contribution in [0.15, 0.2) is 48.7 Å². The lowest BCUT2D eigenvalue weighted by molar-refractivity contribution is -0.112. The van der Waals surface area contributed by atoms with Gasteiger partial charge in [-0.2, -0.15) is 0 Å². The molecule has 2 aliphatic heterocycles. The number of hydrogen-bond donors (Lipinski definition) is 1. The van der Waals surface area contributed by atoms with Crippen molar-refractivity contribution in [1.29, 1.82) is 0 Å². The quantitative estimate of drug-likeness (QED) is 0.773. The third-order valence-electron chi connectivity index (χ3n) is 5.39. The fourth-order valence-electron chi connectivity index (χ4n) is 4.19. The highest BCUT2D eigenvalue weighted by Crippen LogP contribution is 2.37. The Morgan fingerprint density at radius 1 is 1.08 bits per heavy atom. The van der Waals surface area contributed by atoms with Gasteiger partial charge in [-0.25, -0.2) is 0 Å². The smallest absolute Gasteiger partial charge is 0.184 e. The molecule has 0 saturated carbocycles. The molecular formula is C22H20N2O. The molecule has 25 heavy (non-hydrogen) atoms.